The molecule has 11 heteroatoms. The van der Waals surface area contributed by atoms with Crippen molar-refractivity contribution < 1.29 is 13.6 Å². The lowest BCUT2D eigenvalue weighted by Crippen LogP contribution is -2.37. The number of hydrogen-bond acceptors (Lipinski definition) is 4. The van der Waals surface area contributed by atoms with Crippen LogP contribution >= 0.6 is 24.8 Å². The molecule has 0 bridgehead atoms. The molecule has 2 heterocycles. The molecule has 154 valence electrons. The van der Waals surface area contributed by atoms with Gasteiger partial charge < -0.3 is 10.6 Å². The molecule has 0 spiro atoms. The maximum atomic E-state index is 13.4. The van der Waals surface area contributed by atoms with Gasteiger partial charge in [-0.05, 0) is 19.2 Å². The second kappa shape index (κ2) is 10.4. The highest BCUT2D eigenvalue weighted by molar-refractivity contribution is 5.85. The molecule has 7 nitrogen and oxygen atoms in total. The number of halogens is 4. The molecule has 1 aromatic carbocycles. The van der Waals surface area contributed by atoms with Crippen LogP contribution < -0.4 is 10.6 Å². The molecule has 1 atom stereocenters. The predicted octanol–water partition coefficient (Wildman–Crippen LogP) is 2.63. The molecule has 1 amide bonds. The Labute approximate surface area is 173 Å². The van der Waals surface area contributed by atoms with Gasteiger partial charge in [0.15, 0.2) is 0 Å². The van der Waals surface area contributed by atoms with Crippen LogP contribution in [0.1, 0.15) is 24.0 Å². The average Bonchev–Trinajstić information content (AvgIpc) is 3.19. The third kappa shape index (κ3) is 4.98. The van der Waals surface area contributed by atoms with Crippen molar-refractivity contribution in [2.75, 3.05) is 13.6 Å². The summed E-state index contributed by atoms with van der Waals surface area (Å²) in [4.78, 5) is 16.6. The van der Waals surface area contributed by atoms with Crippen LogP contribution in [0.2, 0.25) is 0 Å². The summed E-state index contributed by atoms with van der Waals surface area (Å²) in [6, 6.07) is 6.19. The van der Waals surface area contributed by atoms with Crippen LogP contribution in [0.3, 0.4) is 0 Å². The molecule has 0 aliphatic rings. The van der Waals surface area contributed by atoms with E-state index in [4.69, 9.17) is 0 Å². The summed E-state index contributed by atoms with van der Waals surface area (Å²) in [5.74, 6) is -0.0101. The fourth-order valence-corrected chi connectivity index (χ4v) is 2.93. The van der Waals surface area contributed by atoms with Crippen LogP contribution in [-0.4, -0.2) is 38.8 Å². The van der Waals surface area contributed by atoms with Crippen LogP contribution in [0, 0.1) is 0 Å². The van der Waals surface area contributed by atoms with Crippen LogP contribution in [0.4, 0.5) is 8.78 Å². The van der Waals surface area contributed by atoms with E-state index in [0.717, 1.165) is 10.1 Å². The number of aryl methyl sites for hydroxylation is 1. The monoisotopic (exact) mass is 434 g/mol. The molecule has 3 aromatic rings. The van der Waals surface area contributed by atoms with Gasteiger partial charge in [-0.15, -0.1) is 24.8 Å². The van der Waals surface area contributed by atoms with Gasteiger partial charge in [-0.25, -0.2) is 4.98 Å². The third-order valence-corrected chi connectivity index (χ3v) is 4.12. The van der Waals surface area contributed by atoms with Gasteiger partial charge in [-0.3, -0.25) is 14.0 Å². The summed E-state index contributed by atoms with van der Waals surface area (Å²) in [6.45, 7) is -2.48. The Morgan fingerprint density at radius 3 is 2.57 bits per heavy atom. The van der Waals surface area contributed by atoms with E-state index in [1.54, 1.807) is 55.4 Å². The summed E-state index contributed by atoms with van der Waals surface area (Å²) in [7, 11) is 3.44. The molecule has 1 unspecified atom stereocenters. The molecule has 2 aromatic heterocycles. The lowest BCUT2D eigenvalue weighted by molar-refractivity contribution is -0.123. The van der Waals surface area contributed by atoms with Gasteiger partial charge in [0.25, 0.3) is 0 Å². The molecule has 0 saturated carbocycles. The Hall–Kier alpha value is -2.23. The number of rotatable bonds is 7. The summed E-state index contributed by atoms with van der Waals surface area (Å²) in [5, 5.41) is 9.74. The number of fused-ring (bicyclic) bond motifs is 1. The number of para-hydroxylation sites is 2. The fourth-order valence-electron chi connectivity index (χ4n) is 2.93. The molecule has 0 aliphatic heterocycles. The van der Waals surface area contributed by atoms with Crippen LogP contribution in [-0.2, 0) is 18.3 Å². The standard InChI is InChI=1S/C17H20F2N6O.2ClH/c1-20-15(11-9-22-24(2)10-11)16(26)21-8-7-14-23-12-5-3-4-6-13(12)25(14)17(18)19;;/h3-6,9-10,15,17,20H,7-8H2,1-2H3,(H,21,26);2*1H. The largest absolute Gasteiger partial charge is 0.354 e. The SMILES string of the molecule is CNC(C(=O)NCCc1nc2ccccc2n1C(F)F)c1cnn(C)c1.Cl.Cl. The van der Waals surface area contributed by atoms with Crippen molar-refractivity contribution in [1.29, 1.82) is 0 Å². The van der Waals surface area contributed by atoms with Gasteiger partial charge in [0.1, 0.15) is 11.9 Å². The number of alkyl halides is 2. The molecule has 0 radical (unpaired) electrons. The Morgan fingerprint density at radius 1 is 1.25 bits per heavy atom. The Kier molecular flexibility index (Phi) is 8.80. The summed E-state index contributed by atoms with van der Waals surface area (Å²) in [5.41, 5.74) is 1.62. The van der Waals surface area contributed by atoms with E-state index in [2.05, 4.69) is 20.7 Å². The molecular formula is C17H22Cl2F2N6O. The molecule has 0 aliphatic carbocycles. The van der Waals surface area contributed by atoms with Crippen molar-refractivity contribution in [3.8, 4) is 0 Å². The minimum absolute atomic E-state index is 0. The van der Waals surface area contributed by atoms with Gasteiger partial charge in [0, 0.05) is 31.8 Å². The summed E-state index contributed by atoms with van der Waals surface area (Å²) < 4.78 is 29.3. The number of likely N-dealkylation sites (N-methyl/N-ethyl adjacent to an activating group) is 1. The van der Waals surface area contributed by atoms with Gasteiger partial charge >= 0.3 is 6.55 Å². The van der Waals surface area contributed by atoms with Gasteiger partial charge in [0.2, 0.25) is 5.91 Å². The first-order chi connectivity index (χ1) is 12.5. The van der Waals surface area contributed by atoms with Gasteiger partial charge in [-0.2, -0.15) is 13.9 Å². The Morgan fingerprint density at radius 2 is 1.96 bits per heavy atom. The Bertz CT molecular complexity index is 914. The van der Waals surface area contributed by atoms with E-state index >= 15 is 0 Å². The number of imidazole rings is 1. The third-order valence-electron chi connectivity index (χ3n) is 4.12. The maximum Gasteiger partial charge on any atom is 0.320 e. The predicted molar refractivity (Wildman–Crippen MR) is 107 cm³/mol. The van der Waals surface area contributed by atoms with E-state index in [-0.39, 0.29) is 49.5 Å². The topological polar surface area (TPSA) is 76.8 Å². The van der Waals surface area contributed by atoms with Gasteiger partial charge in [0.05, 0.1) is 17.2 Å². The van der Waals surface area contributed by atoms with E-state index in [0.29, 0.717) is 11.0 Å². The van der Waals surface area contributed by atoms with E-state index < -0.39 is 12.6 Å². The van der Waals surface area contributed by atoms with Crippen LogP contribution in [0.5, 0.6) is 0 Å². The van der Waals surface area contributed by atoms with Crippen molar-refractivity contribution in [3.05, 3.63) is 48.0 Å². The van der Waals surface area contributed by atoms with Crippen LogP contribution in [0.15, 0.2) is 36.7 Å². The number of hydrogen-bond donors (Lipinski definition) is 2. The first-order valence-electron chi connectivity index (χ1n) is 8.18. The number of carbonyl (C=O) groups excluding carboxylic acids is 1. The average molecular weight is 435 g/mol. The van der Waals surface area contributed by atoms with Crippen molar-refractivity contribution >= 4 is 41.8 Å². The first kappa shape index (κ1) is 23.8. The quantitative estimate of drug-likeness (QED) is 0.599. The molecule has 0 fully saturated rings. The number of amides is 1. The molecule has 2 N–H and O–H groups in total. The zero-order valence-electron chi connectivity index (χ0n) is 15.3. The summed E-state index contributed by atoms with van der Waals surface area (Å²) >= 11 is 0. The zero-order valence-corrected chi connectivity index (χ0v) is 16.9. The zero-order chi connectivity index (χ0) is 18.7. The van der Waals surface area contributed by atoms with Crippen molar-refractivity contribution in [1.82, 2.24) is 30.0 Å². The highest BCUT2D eigenvalue weighted by Gasteiger charge is 2.21. The normalized spacial score (nSPS) is 11.8. The van der Waals surface area contributed by atoms with Gasteiger partial charge in [-0.1, -0.05) is 12.1 Å². The van der Waals surface area contributed by atoms with Crippen LogP contribution in [0.25, 0.3) is 11.0 Å². The lowest BCUT2D eigenvalue weighted by atomic mass is 10.1. The molecule has 3 rings (SSSR count). The molecule has 28 heavy (non-hydrogen) atoms. The lowest BCUT2D eigenvalue weighted by Gasteiger charge is -2.14. The minimum atomic E-state index is -2.69. The van der Waals surface area contributed by atoms with Crippen molar-refractivity contribution in [3.63, 3.8) is 0 Å². The van der Waals surface area contributed by atoms with Crippen molar-refractivity contribution in [2.24, 2.45) is 7.05 Å². The molecule has 0 saturated heterocycles. The Balaban J connectivity index is 0.00000196. The number of benzene rings is 1. The van der Waals surface area contributed by atoms with E-state index in [1.807, 2.05) is 0 Å². The second-order valence-corrected chi connectivity index (χ2v) is 5.87. The highest BCUT2D eigenvalue weighted by atomic mass is 35.5. The number of nitrogens with one attached hydrogen (secondary N) is 2. The second-order valence-electron chi connectivity index (χ2n) is 5.87. The van der Waals surface area contributed by atoms with E-state index in [1.165, 1.54) is 0 Å². The number of carbonyl (C=O) groups is 1. The fraction of sp³-hybridized carbons (Fsp3) is 0.353. The summed E-state index contributed by atoms with van der Waals surface area (Å²) in [6.07, 6.45) is 3.56. The number of nitrogens with zero attached hydrogens (tertiary/aromatic N) is 4. The smallest absolute Gasteiger partial charge is 0.320 e. The van der Waals surface area contributed by atoms with E-state index in [9.17, 15) is 13.6 Å². The molecular weight excluding hydrogens is 413 g/mol. The maximum absolute atomic E-state index is 13.4. The first-order valence-corrected chi connectivity index (χ1v) is 8.18. The highest BCUT2D eigenvalue weighted by Crippen LogP contribution is 2.23. The van der Waals surface area contributed by atoms with Crippen molar-refractivity contribution in [2.45, 2.75) is 19.0 Å². The minimum Gasteiger partial charge on any atom is -0.354 e. The number of aromatic nitrogens is 4.